The highest BCUT2D eigenvalue weighted by Crippen LogP contribution is 2.30. The molecule has 0 atom stereocenters. The Morgan fingerprint density at radius 3 is 2.33 bits per heavy atom. The monoisotopic (exact) mass is 682 g/mol. The molecule has 0 heterocycles. The first kappa shape index (κ1) is 23.8. The predicted molar refractivity (Wildman–Crippen MR) is 148 cm³/mol. The molecule has 5 nitrogen and oxygen atoms in total. The lowest BCUT2D eigenvalue weighted by atomic mass is 10.1. The number of amides is 1. The molecule has 4 aromatic rings. The fourth-order valence-electron chi connectivity index (χ4n) is 3.19. The largest absolute Gasteiger partial charge is 0.507 e. The minimum atomic E-state index is -0.487. The molecule has 0 saturated heterocycles. The van der Waals surface area contributed by atoms with Crippen LogP contribution >= 0.6 is 56.8 Å². The summed E-state index contributed by atoms with van der Waals surface area (Å²) in [5, 5.41) is 16.7. The summed E-state index contributed by atoms with van der Waals surface area (Å²) in [7, 11) is 0. The number of halogens is 3. The van der Waals surface area contributed by atoms with Crippen molar-refractivity contribution in [3.05, 3.63) is 102 Å². The Morgan fingerprint density at radius 2 is 1.64 bits per heavy atom. The number of nitrogens with one attached hydrogen (secondary N) is 1. The van der Waals surface area contributed by atoms with Gasteiger partial charge in [0, 0.05) is 10.6 Å². The van der Waals surface area contributed by atoms with Crippen molar-refractivity contribution in [1.29, 1.82) is 0 Å². The van der Waals surface area contributed by atoms with Crippen LogP contribution in [0.4, 0.5) is 0 Å². The van der Waals surface area contributed by atoms with Crippen LogP contribution in [0.2, 0.25) is 5.02 Å². The standard InChI is InChI=1S/C25H17ClI2N2O3/c26-20-8-4-3-7-18(20)14-33-24-21(27)9-15(10-22(24)28)13-29-30-25(32)19-11-16-5-1-2-6-17(16)12-23(19)31/h1-13,31H,14H2,(H,30,32). The van der Waals surface area contributed by atoms with Crippen molar-refractivity contribution in [3.63, 3.8) is 0 Å². The van der Waals surface area contributed by atoms with Crippen molar-refractivity contribution in [2.75, 3.05) is 0 Å². The van der Waals surface area contributed by atoms with Gasteiger partial charge in [-0.15, -0.1) is 0 Å². The molecule has 4 rings (SSSR count). The number of benzene rings is 4. The van der Waals surface area contributed by atoms with E-state index in [1.807, 2.05) is 60.7 Å². The van der Waals surface area contributed by atoms with E-state index in [9.17, 15) is 9.90 Å². The van der Waals surface area contributed by atoms with Crippen LogP contribution in [0.1, 0.15) is 21.5 Å². The third-order valence-corrected chi connectivity index (χ3v) is 6.81. The van der Waals surface area contributed by atoms with Gasteiger partial charge in [-0.25, -0.2) is 5.43 Å². The first-order chi connectivity index (χ1) is 15.9. The maximum atomic E-state index is 12.5. The molecule has 0 spiro atoms. The summed E-state index contributed by atoms with van der Waals surface area (Å²) < 4.78 is 7.81. The molecule has 0 aromatic heterocycles. The highest BCUT2D eigenvalue weighted by atomic mass is 127. The van der Waals surface area contributed by atoms with E-state index in [1.54, 1.807) is 18.3 Å². The van der Waals surface area contributed by atoms with Crippen LogP contribution in [-0.4, -0.2) is 17.2 Å². The molecule has 166 valence electrons. The van der Waals surface area contributed by atoms with Gasteiger partial charge in [-0.05, 0) is 91.8 Å². The van der Waals surface area contributed by atoms with E-state index in [0.29, 0.717) is 11.6 Å². The van der Waals surface area contributed by atoms with Crippen LogP contribution in [0.5, 0.6) is 11.5 Å². The second-order valence-corrected chi connectivity index (χ2v) is 9.84. The third kappa shape index (κ3) is 5.77. The zero-order valence-electron chi connectivity index (χ0n) is 17.1. The molecule has 0 aliphatic heterocycles. The van der Waals surface area contributed by atoms with E-state index in [-0.39, 0.29) is 11.3 Å². The summed E-state index contributed by atoms with van der Waals surface area (Å²) in [5.41, 5.74) is 4.36. The lowest BCUT2D eigenvalue weighted by Crippen LogP contribution is -2.17. The third-order valence-electron chi connectivity index (χ3n) is 4.84. The smallest absolute Gasteiger partial charge is 0.275 e. The minimum Gasteiger partial charge on any atom is -0.507 e. The van der Waals surface area contributed by atoms with Gasteiger partial charge in [0.2, 0.25) is 0 Å². The van der Waals surface area contributed by atoms with Gasteiger partial charge in [0.15, 0.2) is 0 Å². The molecule has 0 bridgehead atoms. The lowest BCUT2D eigenvalue weighted by Gasteiger charge is -2.12. The van der Waals surface area contributed by atoms with Gasteiger partial charge in [-0.2, -0.15) is 5.10 Å². The Morgan fingerprint density at radius 1 is 1.00 bits per heavy atom. The van der Waals surface area contributed by atoms with Gasteiger partial charge >= 0.3 is 0 Å². The van der Waals surface area contributed by atoms with Crippen molar-refractivity contribution in [2.45, 2.75) is 6.61 Å². The molecular formula is C25H17ClI2N2O3. The molecule has 0 fully saturated rings. The summed E-state index contributed by atoms with van der Waals surface area (Å²) in [5.74, 6) is 0.183. The maximum Gasteiger partial charge on any atom is 0.275 e. The lowest BCUT2D eigenvalue weighted by molar-refractivity contribution is 0.0952. The summed E-state index contributed by atoms with van der Waals surface area (Å²) >= 11 is 10.6. The average Bonchev–Trinajstić information content (AvgIpc) is 2.79. The second kappa shape index (κ2) is 10.7. The highest BCUT2D eigenvalue weighted by Gasteiger charge is 2.13. The van der Waals surface area contributed by atoms with Gasteiger partial charge in [0.05, 0.1) is 18.9 Å². The molecule has 1 amide bonds. The number of hydrazone groups is 1. The number of rotatable bonds is 6. The van der Waals surface area contributed by atoms with Crippen molar-refractivity contribution >= 4 is 79.7 Å². The Kier molecular flexibility index (Phi) is 7.71. The fourth-order valence-corrected chi connectivity index (χ4v) is 5.51. The van der Waals surface area contributed by atoms with E-state index in [0.717, 1.165) is 34.8 Å². The number of carbonyl (C=O) groups excluding carboxylic acids is 1. The first-order valence-electron chi connectivity index (χ1n) is 9.83. The molecular weight excluding hydrogens is 666 g/mol. The van der Waals surface area contributed by atoms with E-state index in [2.05, 4.69) is 55.7 Å². The number of fused-ring (bicyclic) bond motifs is 1. The minimum absolute atomic E-state index is 0.0921. The molecule has 0 radical (unpaired) electrons. The normalized spacial score (nSPS) is 11.1. The van der Waals surface area contributed by atoms with Crippen molar-refractivity contribution in [1.82, 2.24) is 5.43 Å². The molecule has 0 saturated carbocycles. The number of hydrogen-bond donors (Lipinski definition) is 2. The Hall–Kier alpha value is -2.37. The van der Waals surface area contributed by atoms with Crippen molar-refractivity contribution in [2.24, 2.45) is 5.10 Å². The van der Waals surface area contributed by atoms with Crippen LogP contribution in [0, 0.1) is 7.14 Å². The molecule has 2 N–H and O–H groups in total. The number of ether oxygens (including phenoxy) is 1. The molecule has 33 heavy (non-hydrogen) atoms. The zero-order valence-corrected chi connectivity index (χ0v) is 22.1. The van der Waals surface area contributed by atoms with Crippen molar-refractivity contribution in [3.8, 4) is 11.5 Å². The van der Waals surface area contributed by atoms with Crippen LogP contribution in [-0.2, 0) is 6.61 Å². The van der Waals surface area contributed by atoms with Crippen LogP contribution in [0.25, 0.3) is 10.8 Å². The molecule has 0 aliphatic carbocycles. The average molecular weight is 683 g/mol. The second-order valence-electron chi connectivity index (χ2n) is 7.11. The predicted octanol–water partition coefficient (Wildman–Crippen LogP) is 6.75. The summed E-state index contributed by atoms with van der Waals surface area (Å²) in [6.07, 6.45) is 1.55. The number of aromatic hydroxyl groups is 1. The quantitative estimate of drug-likeness (QED) is 0.134. The maximum absolute atomic E-state index is 12.5. The van der Waals surface area contributed by atoms with Crippen molar-refractivity contribution < 1.29 is 14.6 Å². The molecule has 0 aliphatic rings. The van der Waals surface area contributed by atoms with Gasteiger partial charge < -0.3 is 9.84 Å². The van der Waals surface area contributed by atoms with E-state index in [1.165, 1.54) is 0 Å². The molecule has 0 unspecified atom stereocenters. The fraction of sp³-hybridized carbons (Fsp3) is 0.0400. The van der Waals surface area contributed by atoms with Gasteiger partial charge in [-0.3, -0.25) is 4.79 Å². The highest BCUT2D eigenvalue weighted by molar-refractivity contribution is 14.1. The SMILES string of the molecule is O=C(NN=Cc1cc(I)c(OCc2ccccc2Cl)c(I)c1)c1cc2ccccc2cc1O. The van der Waals surface area contributed by atoms with Crippen LogP contribution in [0.15, 0.2) is 77.9 Å². The van der Waals surface area contributed by atoms with Crippen LogP contribution < -0.4 is 10.2 Å². The Balaban J connectivity index is 1.45. The van der Waals surface area contributed by atoms with Gasteiger partial charge in [0.1, 0.15) is 18.1 Å². The van der Waals surface area contributed by atoms with E-state index >= 15 is 0 Å². The zero-order chi connectivity index (χ0) is 23.4. The topological polar surface area (TPSA) is 70.9 Å². The number of phenolic OH excluding ortho intramolecular Hbond substituents is 1. The Bertz CT molecular complexity index is 1350. The van der Waals surface area contributed by atoms with Gasteiger partial charge in [0.25, 0.3) is 5.91 Å². The van der Waals surface area contributed by atoms with E-state index in [4.69, 9.17) is 16.3 Å². The molecule has 8 heteroatoms. The summed E-state index contributed by atoms with van der Waals surface area (Å²) in [6.45, 7) is 0.365. The van der Waals surface area contributed by atoms with E-state index < -0.39 is 5.91 Å². The molecule has 4 aromatic carbocycles. The number of nitrogens with zero attached hydrogens (tertiary/aromatic N) is 1. The van der Waals surface area contributed by atoms with Crippen LogP contribution in [0.3, 0.4) is 0 Å². The number of carbonyl (C=O) groups is 1. The van der Waals surface area contributed by atoms with Gasteiger partial charge in [-0.1, -0.05) is 54.1 Å². The summed E-state index contributed by atoms with van der Waals surface area (Å²) in [6, 6.07) is 22.1. The number of phenols is 1. The number of hydrogen-bond acceptors (Lipinski definition) is 4. The first-order valence-corrected chi connectivity index (χ1v) is 12.4. The Labute approximate surface area is 223 Å². The summed E-state index contributed by atoms with van der Waals surface area (Å²) in [4.78, 5) is 12.5.